The summed E-state index contributed by atoms with van der Waals surface area (Å²) in [4.78, 5) is 2.37. The Morgan fingerprint density at radius 2 is 2.19 bits per heavy atom. The van der Waals surface area contributed by atoms with Gasteiger partial charge in [-0.1, -0.05) is 6.42 Å². The smallest absolute Gasteiger partial charge is 0.260 e. The normalized spacial score (nSPS) is 27.0. The lowest BCUT2D eigenvalue weighted by atomic mass is 10.00. The Balaban J connectivity index is 1.80. The zero-order valence-corrected chi connectivity index (χ0v) is 13.0. The number of aryl methyl sites for hydroxylation is 1. The summed E-state index contributed by atoms with van der Waals surface area (Å²) in [5.74, 6) is 0. The van der Waals surface area contributed by atoms with E-state index in [0.29, 0.717) is 17.3 Å². The molecule has 118 valence electrons. The van der Waals surface area contributed by atoms with Gasteiger partial charge in [0.1, 0.15) is 0 Å². The molecule has 0 aromatic carbocycles. The molecule has 0 bridgehead atoms. The first kappa shape index (κ1) is 15.0. The number of piperidine rings is 1. The number of nitrogens with one attached hydrogen (secondary N) is 2. The van der Waals surface area contributed by atoms with Gasteiger partial charge >= 0.3 is 0 Å². The van der Waals surface area contributed by atoms with Crippen LogP contribution in [0.4, 0.5) is 0 Å². The lowest BCUT2D eigenvalue weighted by Gasteiger charge is -2.32. The molecule has 1 aromatic heterocycles. The Bertz CT molecular complexity index is 613. The van der Waals surface area contributed by atoms with Crippen molar-refractivity contribution in [1.29, 1.82) is 0 Å². The van der Waals surface area contributed by atoms with Gasteiger partial charge in [-0.3, -0.25) is 10.00 Å². The molecule has 0 aliphatic carbocycles. The fourth-order valence-electron chi connectivity index (χ4n) is 3.48. The van der Waals surface area contributed by atoms with Crippen LogP contribution in [0.3, 0.4) is 0 Å². The molecule has 3 N–H and O–H groups in total. The second-order valence-corrected chi connectivity index (χ2v) is 7.54. The lowest BCUT2D eigenvalue weighted by molar-refractivity contribution is 0.186. The van der Waals surface area contributed by atoms with Crippen molar-refractivity contribution in [3.63, 3.8) is 0 Å². The van der Waals surface area contributed by atoms with Crippen molar-refractivity contribution < 1.29 is 13.5 Å². The van der Waals surface area contributed by atoms with Crippen LogP contribution < -0.4 is 4.72 Å². The molecule has 7 nitrogen and oxygen atoms in total. The molecule has 2 fully saturated rings. The minimum atomic E-state index is -3.70. The number of nitrogens with zero attached hydrogens (tertiary/aromatic N) is 2. The van der Waals surface area contributed by atoms with E-state index in [1.54, 1.807) is 6.92 Å². The van der Waals surface area contributed by atoms with Crippen molar-refractivity contribution in [1.82, 2.24) is 19.8 Å². The first-order valence-corrected chi connectivity index (χ1v) is 8.92. The fraction of sp³-hybridized carbons (Fsp3) is 0.769. The van der Waals surface area contributed by atoms with E-state index >= 15 is 0 Å². The van der Waals surface area contributed by atoms with Gasteiger partial charge in [0.25, 0.3) is 10.0 Å². The first-order chi connectivity index (χ1) is 10.0. The molecule has 0 saturated carbocycles. The highest BCUT2D eigenvalue weighted by Gasteiger charge is 2.38. The second-order valence-electron chi connectivity index (χ2n) is 5.91. The molecule has 2 aliphatic heterocycles. The van der Waals surface area contributed by atoms with Crippen LogP contribution in [-0.2, 0) is 16.6 Å². The van der Waals surface area contributed by atoms with Gasteiger partial charge in [-0.2, -0.15) is 5.10 Å². The van der Waals surface area contributed by atoms with E-state index in [1.807, 2.05) is 0 Å². The van der Waals surface area contributed by atoms with Gasteiger partial charge in [-0.05, 0) is 32.7 Å². The maximum absolute atomic E-state index is 12.5. The Morgan fingerprint density at radius 3 is 2.95 bits per heavy atom. The van der Waals surface area contributed by atoms with Gasteiger partial charge in [0.15, 0.2) is 5.03 Å². The molecule has 1 aromatic rings. The average Bonchev–Trinajstić information content (AvgIpc) is 3.03. The molecule has 3 heterocycles. The molecule has 2 atom stereocenters. The van der Waals surface area contributed by atoms with E-state index in [4.69, 9.17) is 0 Å². The predicted octanol–water partition coefficient (Wildman–Crippen LogP) is 0.116. The van der Waals surface area contributed by atoms with Crippen LogP contribution in [0.1, 0.15) is 36.9 Å². The zero-order valence-electron chi connectivity index (χ0n) is 12.2. The van der Waals surface area contributed by atoms with Crippen LogP contribution in [0, 0.1) is 6.92 Å². The van der Waals surface area contributed by atoms with E-state index in [-0.39, 0.29) is 17.7 Å². The van der Waals surface area contributed by atoms with Crippen LogP contribution in [0.25, 0.3) is 0 Å². The summed E-state index contributed by atoms with van der Waals surface area (Å²) < 4.78 is 27.9. The number of hydrogen-bond acceptors (Lipinski definition) is 5. The molecule has 2 aliphatic rings. The maximum Gasteiger partial charge on any atom is 0.260 e. The summed E-state index contributed by atoms with van der Waals surface area (Å²) in [5, 5.41) is 15.8. The first-order valence-electron chi connectivity index (χ1n) is 7.44. The molecule has 2 saturated heterocycles. The Labute approximate surface area is 124 Å². The van der Waals surface area contributed by atoms with Crippen molar-refractivity contribution in [2.24, 2.45) is 0 Å². The van der Waals surface area contributed by atoms with Crippen LogP contribution in [-0.4, -0.2) is 53.8 Å². The summed E-state index contributed by atoms with van der Waals surface area (Å²) in [5.41, 5.74) is 0.935. The quantitative estimate of drug-likeness (QED) is 0.733. The minimum Gasteiger partial charge on any atom is -0.392 e. The summed E-state index contributed by atoms with van der Waals surface area (Å²) >= 11 is 0. The Hall–Kier alpha value is -0.960. The summed E-state index contributed by atoms with van der Waals surface area (Å²) in [7, 11) is -3.70. The minimum absolute atomic E-state index is 0.0566. The number of hydrogen-bond donors (Lipinski definition) is 3. The number of fused-ring (bicyclic) bond motifs is 1. The number of aliphatic hydroxyl groups is 1. The lowest BCUT2D eigenvalue weighted by Crippen LogP contribution is -2.46. The number of rotatable bonds is 4. The van der Waals surface area contributed by atoms with Gasteiger partial charge in [0.05, 0.1) is 6.61 Å². The molecule has 0 amide bonds. The van der Waals surface area contributed by atoms with Crippen molar-refractivity contribution in [2.45, 2.75) is 56.3 Å². The van der Waals surface area contributed by atoms with Gasteiger partial charge < -0.3 is 5.11 Å². The third-order valence-corrected chi connectivity index (χ3v) is 6.07. The molecule has 8 heteroatoms. The predicted molar refractivity (Wildman–Crippen MR) is 77.2 cm³/mol. The van der Waals surface area contributed by atoms with E-state index in [1.165, 1.54) is 6.42 Å². The monoisotopic (exact) mass is 314 g/mol. The highest BCUT2D eigenvalue weighted by atomic mass is 32.2. The topological polar surface area (TPSA) is 98.3 Å². The third kappa shape index (κ3) is 2.73. The average molecular weight is 314 g/mol. The summed E-state index contributed by atoms with van der Waals surface area (Å²) in [6, 6.07) is 0.241. The highest BCUT2D eigenvalue weighted by molar-refractivity contribution is 7.89. The number of aromatic amines is 1. The highest BCUT2D eigenvalue weighted by Crippen LogP contribution is 2.28. The SMILES string of the molecule is Cc1[nH]nc(S(=O)(=O)NC2CCN3CCCCC23)c1CO. The fourth-order valence-corrected chi connectivity index (χ4v) is 4.97. The van der Waals surface area contributed by atoms with Crippen molar-refractivity contribution >= 4 is 10.0 Å². The van der Waals surface area contributed by atoms with Gasteiger partial charge in [-0.25, -0.2) is 13.1 Å². The zero-order chi connectivity index (χ0) is 15.0. The molecule has 21 heavy (non-hydrogen) atoms. The van der Waals surface area contributed by atoms with Crippen LogP contribution in [0.2, 0.25) is 0 Å². The van der Waals surface area contributed by atoms with Gasteiger partial charge in [0.2, 0.25) is 0 Å². The van der Waals surface area contributed by atoms with Crippen molar-refractivity contribution in [2.75, 3.05) is 13.1 Å². The van der Waals surface area contributed by atoms with Crippen LogP contribution >= 0.6 is 0 Å². The summed E-state index contributed by atoms with van der Waals surface area (Å²) in [6.45, 7) is 3.38. The maximum atomic E-state index is 12.5. The second kappa shape index (κ2) is 5.68. The number of sulfonamides is 1. The number of aliphatic hydroxyl groups excluding tert-OH is 1. The van der Waals surface area contributed by atoms with Gasteiger partial charge in [0, 0.05) is 29.9 Å². The third-order valence-electron chi connectivity index (χ3n) is 4.61. The van der Waals surface area contributed by atoms with Gasteiger partial charge in [-0.15, -0.1) is 0 Å². The molecule has 0 spiro atoms. The number of H-pyrrole nitrogens is 1. The van der Waals surface area contributed by atoms with E-state index in [9.17, 15) is 13.5 Å². The molecule has 3 rings (SSSR count). The molecular weight excluding hydrogens is 292 g/mol. The number of aromatic nitrogens is 2. The molecular formula is C13H22N4O3S. The van der Waals surface area contributed by atoms with Crippen molar-refractivity contribution in [3.8, 4) is 0 Å². The molecule has 2 unspecified atom stereocenters. The Kier molecular flexibility index (Phi) is 4.04. The van der Waals surface area contributed by atoms with E-state index in [0.717, 1.165) is 32.4 Å². The van der Waals surface area contributed by atoms with Crippen molar-refractivity contribution in [3.05, 3.63) is 11.3 Å². The standard InChI is InChI=1S/C13H22N4O3S/c1-9-10(8-18)13(15-14-9)21(19,20)16-11-5-7-17-6-3-2-4-12(11)17/h11-12,16,18H,2-8H2,1H3,(H,14,15). The van der Waals surface area contributed by atoms with Crippen LogP contribution in [0.5, 0.6) is 0 Å². The molecule has 0 radical (unpaired) electrons. The van der Waals surface area contributed by atoms with E-state index in [2.05, 4.69) is 19.8 Å². The van der Waals surface area contributed by atoms with E-state index < -0.39 is 10.0 Å². The van der Waals surface area contributed by atoms with Crippen LogP contribution in [0.15, 0.2) is 5.03 Å². The Morgan fingerprint density at radius 1 is 1.38 bits per heavy atom. The summed E-state index contributed by atoms with van der Waals surface area (Å²) in [6.07, 6.45) is 4.23. The largest absolute Gasteiger partial charge is 0.392 e.